The molecule has 11 aromatic carbocycles. The molecule has 13 aromatic rings. The molecule has 1 radical (unpaired) electrons. The smallest absolute Gasteiger partial charge is 0.0540 e. The molecule has 0 saturated heterocycles. The van der Waals surface area contributed by atoms with Crippen LogP contribution in [-0.2, 0) is 20.1 Å². The molecule has 0 amide bonds. The molecule has 0 aliphatic carbocycles. The zero-order valence-electron chi connectivity index (χ0n) is 42.1. The van der Waals surface area contributed by atoms with E-state index in [4.69, 9.17) is 0 Å². The van der Waals surface area contributed by atoms with Gasteiger partial charge in [-0.15, -0.1) is 71.8 Å². The molecule has 13 rings (SSSR count). The average Bonchev–Trinajstić information content (AvgIpc) is 3.52. The van der Waals surface area contributed by atoms with E-state index in [-0.39, 0.29) is 20.1 Å². The van der Waals surface area contributed by atoms with Crippen LogP contribution in [0, 0.1) is 12.1 Å². The molecule has 0 unspecified atom stereocenters. The predicted octanol–water partition coefficient (Wildman–Crippen LogP) is 19.4. The van der Waals surface area contributed by atoms with Crippen LogP contribution < -0.4 is 9.80 Å². The van der Waals surface area contributed by atoms with Crippen molar-refractivity contribution in [3.05, 3.63) is 328 Å². The maximum Gasteiger partial charge on any atom is 0.0540 e. The minimum Gasteiger partial charge on any atom is -0.310 e. The van der Waals surface area contributed by atoms with Gasteiger partial charge in [0.15, 0.2) is 0 Å². The van der Waals surface area contributed by atoms with Crippen LogP contribution in [0.15, 0.2) is 316 Å². The van der Waals surface area contributed by atoms with Crippen molar-refractivity contribution in [1.82, 2.24) is 9.97 Å². The van der Waals surface area contributed by atoms with Crippen LogP contribution in [0.1, 0.15) is 0 Å². The Morgan fingerprint density at radius 2 is 0.675 bits per heavy atom. The van der Waals surface area contributed by atoms with Crippen molar-refractivity contribution in [1.29, 1.82) is 0 Å². The van der Waals surface area contributed by atoms with E-state index in [2.05, 4.69) is 244 Å². The SMILES string of the molecule is [Ir].[c-]1ccccc1-c1cc(-c2ccccc2)ccn1.[c-]1ccccc1-c1ccccn1.c1ccc(N(c2ccc(-c3ccc(N(c4ccccc4)c4cccc5ccccc45)cc3)cc2)c2cccc3ccccc23)cc1. The van der Waals surface area contributed by atoms with E-state index in [9.17, 15) is 0 Å². The molecule has 0 aliphatic rings. The first-order valence-electron chi connectivity index (χ1n) is 25.5. The number of aromatic nitrogens is 2. The van der Waals surface area contributed by atoms with Gasteiger partial charge in [0.1, 0.15) is 0 Å². The minimum absolute atomic E-state index is 0. The van der Waals surface area contributed by atoms with Gasteiger partial charge in [0.25, 0.3) is 0 Å². The van der Waals surface area contributed by atoms with Gasteiger partial charge in [0.05, 0.1) is 11.4 Å². The molecule has 0 N–H and O–H groups in total. The molecule has 4 nitrogen and oxygen atoms in total. The van der Waals surface area contributed by atoms with Crippen molar-refractivity contribution < 1.29 is 20.1 Å². The number of hydrogen-bond donors (Lipinski definition) is 0. The Balaban J connectivity index is 0.000000176. The van der Waals surface area contributed by atoms with Crippen LogP contribution in [-0.4, -0.2) is 9.97 Å². The molecule has 77 heavy (non-hydrogen) atoms. The molecule has 0 atom stereocenters. The average molecular weight is 1170 g/mol. The normalized spacial score (nSPS) is 10.5. The summed E-state index contributed by atoms with van der Waals surface area (Å²) < 4.78 is 0. The van der Waals surface area contributed by atoms with E-state index in [0.29, 0.717) is 0 Å². The van der Waals surface area contributed by atoms with Crippen LogP contribution in [0.3, 0.4) is 0 Å². The van der Waals surface area contributed by atoms with Crippen LogP contribution in [0.25, 0.3) is 66.3 Å². The summed E-state index contributed by atoms with van der Waals surface area (Å²) in [5, 5.41) is 4.90. The van der Waals surface area contributed by atoms with E-state index in [1.54, 1.807) is 6.20 Å². The fourth-order valence-corrected chi connectivity index (χ4v) is 9.44. The summed E-state index contributed by atoms with van der Waals surface area (Å²) in [6.07, 6.45) is 3.63. The van der Waals surface area contributed by atoms with Gasteiger partial charge in [0, 0.05) is 66.0 Å². The second-order valence-electron chi connectivity index (χ2n) is 18.0. The Hall–Kier alpha value is -9.51. The van der Waals surface area contributed by atoms with Gasteiger partial charge in [-0.3, -0.25) is 0 Å². The van der Waals surface area contributed by atoms with Crippen molar-refractivity contribution in [2.75, 3.05) is 9.80 Å². The molecular formula is C72H52IrN4-2. The maximum atomic E-state index is 4.40. The molecule has 0 saturated carbocycles. The van der Waals surface area contributed by atoms with E-state index in [0.717, 1.165) is 56.6 Å². The summed E-state index contributed by atoms with van der Waals surface area (Å²) >= 11 is 0. The van der Waals surface area contributed by atoms with Gasteiger partial charge in [-0.1, -0.05) is 182 Å². The van der Waals surface area contributed by atoms with Crippen molar-refractivity contribution in [2.24, 2.45) is 0 Å². The monoisotopic (exact) mass is 1170 g/mol. The van der Waals surface area contributed by atoms with E-state index in [1.165, 1.54) is 43.8 Å². The third kappa shape index (κ3) is 12.2. The number of para-hydroxylation sites is 2. The van der Waals surface area contributed by atoms with E-state index >= 15 is 0 Å². The summed E-state index contributed by atoms with van der Waals surface area (Å²) in [4.78, 5) is 13.3. The summed E-state index contributed by atoms with van der Waals surface area (Å²) in [6, 6.07) is 112. The molecule has 0 spiro atoms. The maximum absolute atomic E-state index is 4.40. The second kappa shape index (κ2) is 25.1. The number of fused-ring (bicyclic) bond motifs is 2. The van der Waals surface area contributed by atoms with Crippen molar-refractivity contribution >= 4 is 55.7 Å². The summed E-state index contributed by atoms with van der Waals surface area (Å²) in [5.41, 5.74) is 15.6. The molecule has 2 aromatic heterocycles. The molecule has 2 heterocycles. The minimum atomic E-state index is 0. The zero-order valence-corrected chi connectivity index (χ0v) is 44.5. The number of hydrogen-bond acceptors (Lipinski definition) is 4. The molecule has 371 valence electrons. The Morgan fingerprint density at radius 1 is 0.273 bits per heavy atom. The molecule has 0 aliphatic heterocycles. The van der Waals surface area contributed by atoms with Crippen LogP contribution in [0.2, 0.25) is 0 Å². The van der Waals surface area contributed by atoms with Crippen molar-refractivity contribution in [3.8, 4) is 44.8 Å². The van der Waals surface area contributed by atoms with Crippen LogP contribution >= 0.6 is 0 Å². The van der Waals surface area contributed by atoms with Gasteiger partial charge >= 0.3 is 0 Å². The Bertz CT molecular complexity index is 3630. The molecule has 5 heteroatoms. The Kier molecular flexibility index (Phi) is 16.7. The predicted molar refractivity (Wildman–Crippen MR) is 319 cm³/mol. The summed E-state index contributed by atoms with van der Waals surface area (Å²) in [7, 11) is 0. The topological polar surface area (TPSA) is 32.3 Å². The molecule has 0 bridgehead atoms. The third-order valence-electron chi connectivity index (χ3n) is 13.1. The zero-order chi connectivity index (χ0) is 51.1. The van der Waals surface area contributed by atoms with Gasteiger partial charge in [-0.2, -0.15) is 0 Å². The third-order valence-corrected chi connectivity index (χ3v) is 13.1. The first-order chi connectivity index (χ1) is 37.7. The molecule has 0 fully saturated rings. The fourth-order valence-electron chi connectivity index (χ4n) is 9.44. The van der Waals surface area contributed by atoms with Crippen molar-refractivity contribution in [3.63, 3.8) is 0 Å². The Morgan fingerprint density at radius 3 is 1.16 bits per heavy atom. The van der Waals surface area contributed by atoms with Gasteiger partial charge in [-0.25, -0.2) is 0 Å². The van der Waals surface area contributed by atoms with E-state index in [1.807, 2.05) is 97.2 Å². The summed E-state index contributed by atoms with van der Waals surface area (Å²) in [5.74, 6) is 0. The quantitative estimate of drug-likeness (QED) is 0.128. The first-order valence-corrected chi connectivity index (χ1v) is 25.5. The number of benzene rings is 11. The summed E-state index contributed by atoms with van der Waals surface area (Å²) in [6.45, 7) is 0. The first kappa shape index (κ1) is 51.0. The second-order valence-corrected chi connectivity index (χ2v) is 18.0. The Labute approximate surface area is 465 Å². The van der Waals surface area contributed by atoms with Gasteiger partial charge in [-0.05, 0) is 117 Å². The van der Waals surface area contributed by atoms with Gasteiger partial charge < -0.3 is 19.8 Å². The number of rotatable bonds is 10. The standard InChI is InChI=1S/C44H32N2.C17H12N.C11H8N.Ir/c1-3-17-37(18-4-1)45(43-23-11-15-35-13-7-9-21-41(35)43)39-29-25-33(26-30-39)34-27-31-40(32-28-34)46(38-19-5-2-6-20-38)44-24-12-16-36-14-8-10-22-42(36)44;1-3-7-14(8-4-1)16-11-12-18-17(13-16)15-9-5-2-6-10-15;1-2-6-10(7-3-1)11-8-4-5-9-12-11;/h1-32H;1-9,11-13H;1-6,8-9H;/q;2*-1;. The van der Waals surface area contributed by atoms with Crippen LogP contribution in [0.5, 0.6) is 0 Å². The largest absolute Gasteiger partial charge is 0.310 e. The van der Waals surface area contributed by atoms with Crippen LogP contribution in [0.4, 0.5) is 34.1 Å². The number of nitrogens with zero attached hydrogens (tertiary/aromatic N) is 4. The van der Waals surface area contributed by atoms with E-state index < -0.39 is 0 Å². The fraction of sp³-hybridized carbons (Fsp3) is 0. The van der Waals surface area contributed by atoms with Gasteiger partial charge in [0.2, 0.25) is 0 Å². The van der Waals surface area contributed by atoms with Crippen molar-refractivity contribution in [2.45, 2.75) is 0 Å². The number of anilines is 6. The number of pyridine rings is 2. The molecular weight excluding hydrogens is 1110 g/mol.